The Morgan fingerprint density at radius 2 is 1.59 bits per heavy atom. The first-order valence-corrected chi connectivity index (χ1v) is 7.14. The van der Waals surface area contributed by atoms with E-state index in [0.29, 0.717) is 5.56 Å². The Hall–Kier alpha value is -1.51. The Morgan fingerprint density at radius 1 is 1.00 bits per heavy atom. The molecule has 0 aliphatic carbocycles. The summed E-state index contributed by atoms with van der Waals surface area (Å²) in [6.45, 7) is 0. The SMILES string of the molecule is O=S(=O)(O)Oc1cc(O)cc(/C=C/[13c]2[13cH][13cH][13c]([O-])[13cH][13cH]2)c1.[Na+]. The van der Waals surface area contributed by atoms with Crippen molar-refractivity contribution in [2.24, 2.45) is 0 Å². The predicted molar refractivity (Wildman–Crippen MR) is 75.1 cm³/mol. The first kappa shape index (κ1) is 18.5. The largest absolute Gasteiger partial charge is 1.00 e. The number of hydrogen-bond acceptors (Lipinski definition) is 5. The van der Waals surface area contributed by atoms with Crippen molar-refractivity contribution in [3.8, 4) is 17.2 Å². The monoisotopic (exact) mass is 336 g/mol. The van der Waals surface area contributed by atoms with Crippen LogP contribution in [0.15, 0.2) is 42.5 Å². The van der Waals surface area contributed by atoms with Crippen LogP contribution in [0.25, 0.3) is 12.2 Å². The molecule has 0 radical (unpaired) electrons. The van der Waals surface area contributed by atoms with Crippen molar-refractivity contribution >= 4 is 22.6 Å². The Bertz CT molecular complexity index is 768. The number of rotatable bonds is 4. The fourth-order valence-corrected chi connectivity index (χ4v) is 1.98. The van der Waals surface area contributed by atoms with Crippen molar-refractivity contribution in [3.63, 3.8) is 0 Å². The molecule has 22 heavy (non-hydrogen) atoms. The zero-order chi connectivity index (χ0) is 15.5. The van der Waals surface area contributed by atoms with E-state index in [1.54, 1.807) is 24.3 Å². The maximum atomic E-state index is 11.0. The first-order chi connectivity index (χ1) is 9.82. The molecule has 0 aliphatic heterocycles. The van der Waals surface area contributed by atoms with Gasteiger partial charge in [0.15, 0.2) is 0 Å². The molecular weight excluding hydrogens is 325 g/mol. The van der Waals surface area contributed by atoms with Gasteiger partial charge in [0.1, 0.15) is 11.5 Å². The molecule has 6 nitrogen and oxygen atoms in total. The van der Waals surface area contributed by atoms with Gasteiger partial charge >= 0.3 is 40.0 Å². The maximum Gasteiger partial charge on any atom is 1.00 e. The van der Waals surface area contributed by atoms with Crippen molar-refractivity contribution in [2.45, 2.75) is 0 Å². The summed E-state index contributed by atoms with van der Waals surface area (Å²) >= 11 is 0. The second-order valence-electron chi connectivity index (χ2n) is 4.17. The molecule has 0 heterocycles. The smallest absolute Gasteiger partial charge is 0.872 e. The first-order valence-electron chi connectivity index (χ1n) is 5.78. The van der Waals surface area contributed by atoms with Crippen LogP contribution in [0.4, 0.5) is 0 Å². The summed E-state index contributed by atoms with van der Waals surface area (Å²) in [4.78, 5) is 0. The second kappa shape index (κ2) is 7.66. The minimum absolute atomic E-state index is 0. The van der Waals surface area contributed by atoms with E-state index in [0.717, 1.165) is 11.6 Å². The van der Waals surface area contributed by atoms with Gasteiger partial charge < -0.3 is 14.4 Å². The molecule has 0 saturated heterocycles. The van der Waals surface area contributed by atoms with Crippen LogP contribution < -0.4 is 38.8 Å². The molecule has 0 aromatic heterocycles. The standard InChI is InChI=1S/C14H12O6S.Na/c15-12-5-3-10(4-6-12)1-2-11-7-13(16)9-14(8-11)20-21(17,18)19;/h1-9,15-16H,(H,17,18,19);/q;+1/p-1/b2-1+;/i3+1,4+1,5+1,6+1,10+1,12+1;. The average Bonchev–Trinajstić information content (AvgIpc) is 2.35. The predicted octanol–water partition coefficient (Wildman–Crippen LogP) is -1.18. The summed E-state index contributed by atoms with van der Waals surface area (Å²) in [5.41, 5.74) is 1.22. The molecule has 8 heteroatoms. The molecule has 0 amide bonds. The Kier molecular flexibility index (Phi) is 6.46. The number of phenols is 1. The van der Waals surface area contributed by atoms with Gasteiger partial charge in [0.25, 0.3) is 0 Å². The third kappa shape index (κ3) is 6.08. The Labute approximate surface area is 149 Å². The molecule has 0 unspecified atom stereocenters. The van der Waals surface area contributed by atoms with E-state index >= 15 is 0 Å². The van der Waals surface area contributed by atoms with Crippen LogP contribution in [-0.4, -0.2) is 18.1 Å². The van der Waals surface area contributed by atoms with Crippen LogP contribution in [-0.2, 0) is 10.4 Å². The van der Waals surface area contributed by atoms with Crippen molar-refractivity contribution in [3.05, 3.63) is 53.6 Å². The van der Waals surface area contributed by atoms with Crippen molar-refractivity contribution in [2.75, 3.05) is 0 Å². The number of phenolic OH excluding ortho intramolecular Hbond substituents is 1. The van der Waals surface area contributed by atoms with Gasteiger partial charge in [0.05, 0.1) is 0 Å². The van der Waals surface area contributed by atoms with Crippen LogP contribution in [0.5, 0.6) is 17.2 Å². The quantitative estimate of drug-likeness (QED) is 0.414. The average molecular weight is 336 g/mol. The molecule has 2 aromatic carbocycles. The van der Waals surface area contributed by atoms with Gasteiger partial charge in [-0.05, 0) is 23.3 Å². The zero-order valence-electron chi connectivity index (χ0n) is 11.6. The van der Waals surface area contributed by atoms with E-state index in [4.69, 9.17) is 4.55 Å². The van der Waals surface area contributed by atoms with E-state index < -0.39 is 10.4 Å². The van der Waals surface area contributed by atoms with Crippen molar-refractivity contribution in [1.29, 1.82) is 0 Å². The van der Waals surface area contributed by atoms with E-state index in [-0.39, 0.29) is 46.8 Å². The molecule has 0 spiro atoms. The summed E-state index contributed by atoms with van der Waals surface area (Å²) in [6, 6.07) is 9.83. The normalized spacial score (nSPS) is 11.1. The molecule has 110 valence electrons. The summed E-state index contributed by atoms with van der Waals surface area (Å²) in [5, 5.41) is 20.5. The maximum absolute atomic E-state index is 11.0. The fourth-order valence-electron chi connectivity index (χ4n) is 1.64. The molecule has 2 aromatic rings. The van der Waals surface area contributed by atoms with E-state index in [1.807, 2.05) is 0 Å². The van der Waals surface area contributed by atoms with Crippen LogP contribution in [0.2, 0.25) is 0 Å². The third-order valence-electron chi connectivity index (χ3n) is 2.46. The summed E-state index contributed by atoms with van der Waals surface area (Å²) < 4.78 is 34.2. The van der Waals surface area contributed by atoms with Gasteiger partial charge in [0, 0.05) is 6.07 Å². The Balaban J connectivity index is 0.00000242. The number of aromatic hydroxyl groups is 1. The molecule has 0 atom stereocenters. The van der Waals surface area contributed by atoms with Gasteiger partial charge in [-0.1, -0.05) is 36.4 Å². The van der Waals surface area contributed by atoms with Crippen molar-refractivity contribution in [1.82, 2.24) is 0 Å². The van der Waals surface area contributed by atoms with Crippen LogP contribution in [0, 0.1) is 0 Å². The Morgan fingerprint density at radius 3 is 2.18 bits per heavy atom. The molecule has 0 saturated carbocycles. The van der Waals surface area contributed by atoms with Crippen molar-refractivity contribution < 1.29 is 56.9 Å². The van der Waals surface area contributed by atoms with Gasteiger partial charge in [0.2, 0.25) is 0 Å². The molecule has 2 rings (SSSR count). The molecule has 0 fully saturated rings. The molecular formula is C14H11NaO6S. The van der Waals surface area contributed by atoms with Gasteiger partial charge in [-0.15, -0.1) is 5.75 Å². The number of hydrogen-bond donors (Lipinski definition) is 2. The number of benzene rings is 2. The van der Waals surface area contributed by atoms with Crippen LogP contribution in [0.3, 0.4) is 0 Å². The topological polar surface area (TPSA) is 107 Å². The second-order valence-corrected chi connectivity index (χ2v) is 5.20. The molecule has 0 aliphatic rings. The van der Waals surface area contributed by atoms with Gasteiger partial charge in [-0.25, -0.2) is 0 Å². The van der Waals surface area contributed by atoms with Gasteiger partial charge in [-0.2, -0.15) is 8.42 Å². The van der Waals surface area contributed by atoms with E-state index in [9.17, 15) is 18.6 Å². The molecule has 0 bridgehead atoms. The summed E-state index contributed by atoms with van der Waals surface area (Å²) in [5.74, 6) is -0.536. The van der Waals surface area contributed by atoms with Crippen LogP contribution in [0.1, 0.15) is 11.1 Å². The fraction of sp³-hybridized carbons (Fsp3) is 0. The minimum atomic E-state index is -4.65. The van der Waals surface area contributed by atoms with Crippen LogP contribution >= 0.6 is 0 Å². The summed E-state index contributed by atoms with van der Waals surface area (Å²) in [6.07, 6.45) is 3.27. The molecule has 2 N–H and O–H groups in total. The van der Waals surface area contributed by atoms with E-state index in [1.165, 1.54) is 24.3 Å². The summed E-state index contributed by atoms with van der Waals surface area (Å²) in [7, 11) is -4.65. The third-order valence-corrected chi connectivity index (χ3v) is 2.87. The minimum Gasteiger partial charge on any atom is -0.872 e. The van der Waals surface area contributed by atoms with Gasteiger partial charge in [-0.3, -0.25) is 4.55 Å². The zero-order valence-corrected chi connectivity index (χ0v) is 14.4. The van der Waals surface area contributed by atoms with E-state index in [2.05, 4.69) is 4.18 Å².